The van der Waals surface area contributed by atoms with E-state index in [1.54, 1.807) is 6.92 Å². The van der Waals surface area contributed by atoms with Crippen LogP contribution in [-0.2, 0) is 9.53 Å². The Balaban J connectivity index is 4.10. The Kier molecular flexibility index (Phi) is 5.58. The van der Waals surface area contributed by atoms with Crippen LogP contribution in [-0.4, -0.2) is 24.3 Å². The molecule has 3 heteroatoms. The third-order valence-electron chi connectivity index (χ3n) is 1.99. The lowest BCUT2D eigenvalue weighted by Gasteiger charge is -2.21. The minimum absolute atomic E-state index is 0.0112. The number of carbonyl (C=O) groups is 1. The highest BCUT2D eigenvalue weighted by molar-refractivity contribution is 5.74. The van der Waals surface area contributed by atoms with Gasteiger partial charge in [0.15, 0.2) is 0 Å². The Hall–Kier alpha value is -0.830. The molecule has 0 aliphatic heterocycles. The summed E-state index contributed by atoms with van der Waals surface area (Å²) >= 11 is 0. The predicted molar refractivity (Wildman–Crippen MR) is 60.4 cm³/mol. The zero-order chi connectivity index (χ0) is 12.1. The molecular weight excluding hydrogens is 192 g/mol. The lowest BCUT2D eigenvalue weighted by Crippen LogP contribution is -2.27. The smallest absolute Gasteiger partial charge is 0.312 e. The normalized spacial score (nSPS) is 13.2. The molecule has 0 saturated heterocycles. The molecule has 0 spiro atoms. The van der Waals surface area contributed by atoms with E-state index >= 15 is 0 Å². The van der Waals surface area contributed by atoms with Crippen molar-refractivity contribution in [2.45, 2.75) is 34.6 Å². The highest BCUT2D eigenvalue weighted by Crippen LogP contribution is 2.15. The summed E-state index contributed by atoms with van der Waals surface area (Å²) < 4.78 is 5.12. The van der Waals surface area contributed by atoms with Crippen molar-refractivity contribution in [3.8, 4) is 0 Å². The zero-order valence-electron chi connectivity index (χ0n) is 10.3. The third kappa shape index (κ3) is 6.28. The molecule has 0 aromatic carbocycles. The Morgan fingerprint density at radius 3 is 2.40 bits per heavy atom. The average molecular weight is 214 g/mol. The molecule has 0 aliphatic rings. The van der Waals surface area contributed by atoms with Gasteiger partial charge >= 0.3 is 5.97 Å². The fraction of sp³-hybridized carbons (Fsp3) is 0.750. The molecule has 88 valence electrons. The van der Waals surface area contributed by atoms with E-state index in [1.165, 1.54) is 0 Å². The topological polar surface area (TPSA) is 46.5 Å². The molecule has 0 aromatic rings. The van der Waals surface area contributed by atoms with Gasteiger partial charge in [-0.15, -0.1) is 0 Å². The molecule has 0 radical (unpaired) electrons. The van der Waals surface area contributed by atoms with E-state index in [1.807, 2.05) is 33.8 Å². The van der Waals surface area contributed by atoms with E-state index in [-0.39, 0.29) is 30.5 Å². The van der Waals surface area contributed by atoms with Gasteiger partial charge in [-0.2, -0.15) is 0 Å². The van der Waals surface area contributed by atoms with E-state index in [2.05, 4.69) is 0 Å². The van der Waals surface area contributed by atoms with Gasteiger partial charge in [-0.1, -0.05) is 25.5 Å². The molecule has 15 heavy (non-hydrogen) atoms. The van der Waals surface area contributed by atoms with Crippen molar-refractivity contribution in [2.75, 3.05) is 13.2 Å². The van der Waals surface area contributed by atoms with Crippen LogP contribution in [0.5, 0.6) is 0 Å². The second-order valence-electron chi connectivity index (χ2n) is 4.96. The van der Waals surface area contributed by atoms with Crippen molar-refractivity contribution in [3.05, 3.63) is 11.6 Å². The van der Waals surface area contributed by atoms with Gasteiger partial charge in [0.1, 0.15) is 0 Å². The molecule has 0 amide bonds. The maximum Gasteiger partial charge on any atom is 0.312 e. The van der Waals surface area contributed by atoms with Crippen LogP contribution in [0.3, 0.4) is 0 Å². The van der Waals surface area contributed by atoms with Crippen molar-refractivity contribution >= 4 is 5.97 Å². The number of ether oxygens (including phenoxy) is 1. The summed E-state index contributed by atoms with van der Waals surface area (Å²) in [6.07, 6.45) is 1.87. The van der Waals surface area contributed by atoms with E-state index in [9.17, 15) is 4.79 Å². The van der Waals surface area contributed by atoms with Gasteiger partial charge in [0.2, 0.25) is 0 Å². The summed E-state index contributed by atoms with van der Waals surface area (Å²) in [6.45, 7) is 9.67. The standard InChI is InChI=1S/C12H22O3/c1-9(2)6-10(3)11(14)15-8-12(4,5)7-13/h6,10,13H,7-8H2,1-5H3/t10-/m0/s1. The Morgan fingerprint density at radius 1 is 1.47 bits per heavy atom. The highest BCUT2D eigenvalue weighted by atomic mass is 16.5. The average Bonchev–Trinajstić information content (AvgIpc) is 2.13. The van der Waals surface area contributed by atoms with Crippen molar-refractivity contribution in [1.29, 1.82) is 0 Å². The van der Waals surface area contributed by atoms with Crippen molar-refractivity contribution in [1.82, 2.24) is 0 Å². The van der Waals surface area contributed by atoms with Gasteiger partial charge in [-0.25, -0.2) is 0 Å². The van der Waals surface area contributed by atoms with Gasteiger partial charge in [-0.05, 0) is 20.8 Å². The largest absolute Gasteiger partial charge is 0.465 e. The van der Waals surface area contributed by atoms with Crippen molar-refractivity contribution < 1.29 is 14.6 Å². The number of rotatable bonds is 5. The van der Waals surface area contributed by atoms with Gasteiger partial charge < -0.3 is 9.84 Å². The van der Waals surface area contributed by atoms with Crippen LogP contribution < -0.4 is 0 Å². The number of hydrogen-bond acceptors (Lipinski definition) is 3. The number of allylic oxidation sites excluding steroid dienone is 1. The second kappa shape index (κ2) is 5.91. The predicted octanol–water partition coefficient (Wildman–Crippen LogP) is 2.15. The van der Waals surface area contributed by atoms with Crippen LogP contribution in [0.4, 0.5) is 0 Å². The first-order valence-electron chi connectivity index (χ1n) is 5.21. The molecule has 1 atom stereocenters. The lowest BCUT2D eigenvalue weighted by atomic mass is 9.96. The van der Waals surface area contributed by atoms with Gasteiger partial charge in [0.05, 0.1) is 19.1 Å². The number of carbonyl (C=O) groups excluding carboxylic acids is 1. The maximum atomic E-state index is 11.5. The summed E-state index contributed by atoms with van der Waals surface area (Å²) in [4.78, 5) is 11.5. The summed E-state index contributed by atoms with van der Waals surface area (Å²) in [5, 5.41) is 8.99. The first-order valence-corrected chi connectivity index (χ1v) is 5.21. The van der Waals surface area contributed by atoms with Crippen molar-refractivity contribution in [2.24, 2.45) is 11.3 Å². The molecule has 0 heterocycles. The summed E-state index contributed by atoms with van der Waals surface area (Å²) in [7, 11) is 0. The maximum absolute atomic E-state index is 11.5. The van der Waals surface area contributed by atoms with E-state index < -0.39 is 0 Å². The van der Waals surface area contributed by atoms with Crippen LogP contribution in [0.15, 0.2) is 11.6 Å². The Labute approximate surface area is 92.1 Å². The minimum Gasteiger partial charge on any atom is -0.465 e. The number of aliphatic hydroxyl groups is 1. The summed E-state index contributed by atoms with van der Waals surface area (Å²) in [5.41, 5.74) is 0.737. The Morgan fingerprint density at radius 2 is 2.00 bits per heavy atom. The summed E-state index contributed by atoms with van der Waals surface area (Å²) in [6, 6.07) is 0. The molecule has 0 rings (SSSR count). The first kappa shape index (κ1) is 14.2. The fourth-order valence-electron chi connectivity index (χ4n) is 1.01. The molecule has 0 saturated carbocycles. The number of esters is 1. The molecule has 3 nitrogen and oxygen atoms in total. The van der Waals surface area contributed by atoms with E-state index in [0.29, 0.717) is 0 Å². The fourth-order valence-corrected chi connectivity index (χ4v) is 1.01. The number of aliphatic hydroxyl groups excluding tert-OH is 1. The lowest BCUT2D eigenvalue weighted by molar-refractivity contribution is -0.150. The Bertz CT molecular complexity index is 237. The van der Waals surface area contributed by atoms with Crippen LogP contribution >= 0.6 is 0 Å². The van der Waals surface area contributed by atoms with Gasteiger partial charge in [0, 0.05) is 5.41 Å². The zero-order valence-corrected chi connectivity index (χ0v) is 10.3. The molecule has 0 aromatic heterocycles. The van der Waals surface area contributed by atoms with Crippen LogP contribution in [0.1, 0.15) is 34.6 Å². The number of hydrogen-bond donors (Lipinski definition) is 1. The van der Waals surface area contributed by atoms with Crippen LogP contribution in [0.25, 0.3) is 0 Å². The first-order chi connectivity index (χ1) is 6.78. The third-order valence-corrected chi connectivity index (χ3v) is 1.99. The molecule has 0 bridgehead atoms. The molecular formula is C12H22O3. The van der Waals surface area contributed by atoms with Crippen molar-refractivity contribution in [3.63, 3.8) is 0 Å². The van der Waals surface area contributed by atoms with Crippen LogP contribution in [0.2, 0.25) is 0 Å². The summed E-state index contributed by atoms with van der Waals surface area (Å²) in [5.74, 6) is -0.456. The molecule has 0 fully saturated rings. The minimum atomic E-state index is -0.361. The molecule has 1 N–H and O–H groups in total. The van der Waals surface area contributed by atoms with E-state index in [4.69, 9.17) is 9.84 Å². The molecule has 0 unspecified atom stereocenters. The van der Waals surface area contributed by atoms with E-state index in [0.717, 1.165) is 5.57 Å². The molecule has 0 aliphatic carbocycles. The second-order valence-corrected chi connectivity index (χ2v) is 4.96. The van der Waals surface area contributed by atoms with Crippen LogP contribution in [0, 0.1) is 11.3 Å². The van der Waals surface area contributed by atoms with Gasteiger partial charge in [-0.3, -0.25) is 4.79 Å². The monoisotopic (exact) mass is 214 g/mol. The quantitative estimate of drug-likeness (QED) is 0.563. The van der Waals surface area contributed by atoms with Gasteiger partial charge in [0.25, 0.3) is 0 Å². The highest BCUT2D eigenvalue weighted by Gasteiger charge is 2.20. The SMILES string of the molecule is CC(C)=C[C@H](C)C(=O)OCC(C)(C)CO.